The van der Waals surface area contributed by atoms with Gasteiger partial charge in [0, 0.05) is 22.8 Å². The Hall–Kier alpha value is -2.01. The zero-order valence-electron chi connectivity index (χ0n) is 14.0. The lowest BCUT2D eigenvalue weighted by Gasteiger charge is -2.26. The number of aromatic nitrogens is 2. The maximum Gasteiger partial charge on any atom is 0.256 e. The van der Waals surface area contributed by atoms with E-state index in [1.807, 2.05) is 18.2 Å². The molecule has 3 aliphatic rings. The molecule has 5 nitrogen and oxygen atoms in total. The topological polar surface area (TPSA) is 72.9 Å². The first-order valence-electron chi connectivity index (χ1n) is 9.00. The van der Waals surface area contributed by atoms with Gasteiger partial charge in [-0.25, -0.2) is 0 Å². The number of benzene rings is 1. The summed E-state index contributed by atoms with van der Waals surface area (Å²) in [6.45, 7) is 0.759. The molecule has 1 aliphatic heterocycles. The first kappa shape index (κ1) is 15.3. The lowest BCUT2D eigenvalue weighted by atomic mass is 9.85. The lowest BCUT2D eigenvalue weighted by molar-refractivity contribution is 0.0859. The SMILES string of the molecule is Nc1c2c(nn1C(=O)C1CCNc3ccc(Cl)cc31)CCC1(CC1)C2. The number of nitrogens with two attached hydrogens (primary N) is 1. The molecule has 1 unspecified atom stereocenters. The van der Waals surface area contributed by atoms with E-state index in [4.69, 9.17) is 17.3 Å². The highest BCUT2D eigenvalue weighted by Gasteiger charge is 2.46. The van der Waals surface area contributed by atoms with Crippen molar-refractivity contribution in [3.05, 3.63) is 40.0 Å². The van der Waals surface area contributed by atoms with Crippen LogP contribution in [0, 0.1) is 5.41 Å². The average molecular weight is 357 g/mol. The van der Waals surface area contributed by atoms with Crippen molar-refractivity contribution in [3.63, 3.8) is 0 Å². The van der Waals surface area contributed by atoms with E-state index in [0.29, 0.717) is 16.3 Å². The molecule has 6 heteroatoms. The number of hydrogen-bond donors (Lipinski definition) is 2. The number of nitrogens with one attached hydrogen (secondary N) is 1. The van der Waals surface area contributed by atoms with Crippen molar-refractivity contribution in [2.75, 3.05) is 17.6 Å². The van der Waals surface area contributed by atoms with Crippen molar-refractivity contribution < 1.29 is 4.79 Å². The van der Waals surface area contributed by atoms with Gasteiger partial charge in [0.25, 0.3) is 5.91 Å². The molecular weight excluding hydrogens is 336 g/mol. The summed E-state index contributed by atoms with van der Waals surface area (Å²) in [5.74, 6) is 0.253. The van der Waals surface area contributed by atoms with Gasteiger partial charge < -0.3 is 11.1 Å². The smallest absolute Gasteiger partial charge is 0.256 e. The zero-order valence-corrected chi connectivity index (χ0v) is 14.8. The fourth-order valence-electron chi connectivity index (χ4n) is 4.42. The summed E-state index contributed by atoms with van der Waals surface area (Å²) in [5.41, 5.74) is 10.9. The van der Waals surface area contributed by atoms with Crippen molar-refractivity contribution in [3.8, 4) is 0 Å². The number of anilines is 2. The third-order valence-corrected chi connectivity index (χ3v) is 6.39. The number of rotatable bonds is 1. The van der Waals surface area contributed by atoms with Gasteiger partial charge in [0.05, 0.1) is 11.6 Å². The quantitative estimate of drug-likeness (QED) is 0.818. The van der Waals surface area contributed by atoms with Crippen LogP contribution in [0.4, 0.5) is 11.5 Å². The van der Waals surface area contributed by atoms with Crippen LogP contribution >= 0.6 is 11.6 Å². The summed E-state index contributed by atoms with van der Waals surface area (Å²) in [6, 6.07) is 5.66. The standard InChI is InChI=1S/C19H21ClN4O/c20-11-1-2-15-13(9-11)12(4-8-22-15)18(25)24-17(21)14-10-19(6-7-19)5-3-16(14)23-24/h1-2,9,12,22H,3-8,10,21H2. The van der Waals surface area contributed by atoms with Gasteiger partial charge in [-0.2, -0.15) is 9.78 Å². The normalized spacial score (nSPS) is 22.8. The van der Waals surface area contributed by atoms with Crippen molar-refractivity contribution in [1.82, 2.24) is 9.78 Å². The molecule has 2 aliphatic carbocycles. The first-order valence-corrected chi connectivity index (χ1v) is 9.38. The third kappa shape index (κ3) is 2.36. The average Bonchev–Trinajstić information content (AvgIpc) is 3.29. The molecule has 0 bridgehead atoms. The van der Waals surface area contributed by atoms with E-state index < -0.39 is 0 Å². The fourth-order valence-corrected chi connectivity index (χ4v) is 4.60. The Balaban J connectivity index is 1.52. The highest BCUT2D eigenvalue weighted by molar-refractivity contribution is 6.30. The molecule has 1 spiro atoms. The molecule has 3 N–H and O–H groups in total. The summed E-state index contributed by atoms with van der Waals surface area (Å²) >= 11 is 6.16. The second kappa shape index (κ2) is 5.24. The molecule has 0 amide bonds. The molecular formula is C19H21ClN4O. The van der Waals surface area contributed by atoms with Crippen LogP contribution in [0.25, 0.3) is 0 Å². The number of fused-ring (bicyclic) bond motifs is 2. The van der Waals surface area contributed by atoms with Gasteiger partial charge in [0.1, 0.15) is 5.82 Å². The van der Waals surface area contributed by atoms with E-state index in [9.17, 15) is 4.79 Å². The molecule has 1 saturated carbocycles. The minimum absolute atomic E-state index is 0.0400. The summed E-state index contributed by atoms with van der Waals surface area (Å²) in [7, 11) is 0. The first-order chi connectivity index (χ1) is 12.1. The Morgan fingerprint density at radius 3 is 3.00 bits per heavy atom. The fraction of sp³-hybridized carbons (Fsp3) is 0.474. The lowest BCUT2D eigenvalue weighted by Crippen LogP contribution is -2.28. The van der Waals surface area contributed by atoms with Crippen LogP contribution in [-0.4, -0.2) is 22.2 Å². The van der Waals surface area contributed by atoms with Crippen LogP contribution in [0.1, 0.15) is 53.2 Å². The van der Waals surface area contributed by atoms with Crippen molar-refractivity contribution in [2.45, 2.75) is 44.4 Å². The van der Waals surface area contributed by atoms with Gasteiger partial charge in [-0.1, -0.05) is 11.6 Å². The van der Waals surface area contributed by atoms with Crippen LogP contribution in [0.5, 0.6) is 0 Å². The van der Waals surface area contributed by atoms with Crippen LogP contribution in [-0.2, 0) is 12.8 Å². The van der Waals surface area contributed by atoms with E-state index in [1.54, 1.807) is 0 Å². The van der Waals surface area contributed by atoms with E-state index in [1.165, 1.54) is 23.9 Å². The van der Waals surface area contributed by atoms with Crippen LogP contribution in [0.15, 0.2) is 18.2 Å². The Bertz CT molecular complexity index is 884. The molecule has 130 valence electrons. The van der Waals surface area contributed by atoms with E-state index >= 15 is 0 Å². The molecule has 1 aromatic heterocycles. The maximum absolute atomic E-state index is 13.2. The third-order valence-electron chi connectivity index (χ3n) is 6.15. The maximum atomic E-state index is 13.2. The molecule has 1 aromatic carbocycles. The van der Waals surface area contributed by atoms with Crippen LogP contribution in [0.2, 0.25) is 5.02 Å². The van der Waals surface area contributed by atoms with Gasteiger partial charge in [-0.05, 0) is 67.7 Å². The molecule has 25 heavy (non-hydrogen) atoms. The minimum atomic E-state index is -0.256. The van der Waals surface area contributed by atoms with Crippen molar-refractivity contribution >= 4 is 29.0 Å². The summed E-state index contributed by atoms with van der Waals surface area (Å²) < 4.78 is 1.47. The Morgan fingerprint density at radius 1 is 1.36 bits per heavy atom. The summed E-state index contributed by atoms with van der Waals surface area (Å²) in [4.78, 5) is 13.2. The molecule has 0 radical (unpaired) electrons. The molecule has 0 saturated heterocycles. The molecule has 2 heterocycles. The highest BCUT2D eigenvalue weighted by Crippen LogP contribution is 2.55. The Kier molecular flexibility index (Phi) is 3.20. The Morgan fingerprint density at radius 2 is 2.20 bits per heavy atom. The second-order valence-corrected chi connectivity index (χ2v) is 8.17. The molecule has 1 fully saturated rings. The Labute approximate surface area is 151 Å². The van der Waals surface area contributed by atoms with Crippen molar-refractivity contribution in [1.29, 1.82) is 0 Å². The van der Waals surface area contributed by atoms with Crippen LogP contribution < -0.4 is 11.1 Å². The molecule has 1 atom stereocenters. The summed E-state index contributed by atoms with van der Waals surface area (Å²) in [6.07, 6.45) is 6.39. The number of aryl methyl sites for hydroxylation is 1. The summed E-state index contributed by atoms with van der Waals surface area (Å²) in [5, 5.41) is 8.58. The minimum Gasteiger partial charge on any atom is -0.385 e. The second-order valence-electron chi connectivity index (χ2n) is 7.74. The highest BCUT2D eigenvalue weighted by atomic mass is 35.5. The molecule has 2 aromatic rings. The van der Waals surface area contributed by atoms with Gasteiger partial charge in [0.2, 0.25) is 0 Å². The van der Waals surface area contributed by atoms with E-state index in [-0.39, 0.29) is 11.8 Å². The predicted molar refractivity (Wildman–Crippen MR) is 98.3 cm³/mol. The van der Waals surface area contributed by atoms with Gasteiger partial charge in [-0.15, -0.1) is 0 Å². The van der Waals surface area contributed by atoms with Crippen molar-refractivity contribution in [2.24, 2.45) is 5.41 Å². The van der Waals surface area contributed by atoms with Gasteiger partial charge >= 0.3 is 0 Å². The largest absolute Gasteiger partial charge is 0.385 e. The van der Waals surface area contributed by atoms with Crippen LogP contribution in [0.3, 0.4) is 0 Å². The van der Waals surface area contributed by atoms with E-state index in [2.05, 4.69) is 10.4 Å². The number of carbonyl (C=O) groups excluding carboxylic acids is 1. The number of nitrogen functional groups attached to an aromatic ring is 1. The van der Waals surface area contributed by atoms with E-state index in [0.717, 1.165) is 48.3 Å². The number of halogens is 1. The number of hydrogen-bond acceptors (Lipinski definition) is 4. The van der Waals surface area contributed by atoms with Gasteiger partial charge in [-0.3, -0.25) is 4.79 Å². The predicted octanol–water partition coefficient (Wildman–Crippen LogP) is 3.63. The monoisotopic (exact) mass is 356 g/mol. The zero-order chi connectivity index (χ0) is 17.2. The molecule has 5 rings (SSSR count). The van der Waals surface area contributed by atoms with Gasteiger partial charge in [0.15, 0.2) is 0 Å². The number of carbonyl (C=O) groups is 1. The number of nitrogens with zero attached hydrogens (tertiary/aromatic N) is 2.